The smallest absolute Gasteiger partial charge is 0.222 e. The molecule has 0 unspecified atom stereocenters. The number of hydrogen-bond acceptors (Lipinski definition) is 4. The van der Waals surface area contributed by atoms with Gasteiger partial charge in [0.05, 0.1) is 0 Å². The molecule has 0 saturated heterocycles. The molecule has 0 aliphatic rings. The third-order valence-electron chi connectivity index (χ3n) is 2.64. The lowest BCUT2D eigenvalue weighted by molar-refractivity contribution is 0.922. The Morgan fingerprint density at radius 1 is 1.17 bits per heavy atom. The van der Waals surface area contributed by atoms with Gasteiger partial charge in [0, 0.05) is 17.4 Å². The third kappa shape index (κ3) is 3.20. The lowest BCUT2D eigenvalue weighted by Gasteiger charge is -2.07. The van der Waals surface area contributed by atoms with Gasteiger partial charge in [-0.25, -0.2) is 4.98 Å². The first-order valence-corrected chi connectivity index (χ1v) is 6.14. The fourth-order valence-electron chi connectivity index (χ4n) is 1.85. The maximum Gasteiger partial charge on any atom is 0.222 e. The van der Waals surface area contributed by atoms with Gasteiger partial charge in [-0.15, -0.1) is 0 Å². The van der Waals surface area contributed by atoms with E-state index in [9.17, 15) is 0 Å². The van der Waals surface area contributed by atoms with E-state index >= 15 is 0 Å². The van der Waals surface area contributed by atoms with E-state index in [4.69, 9.17) is 5.73 Å². The fourth-order valence-corrected chi connectivity index (χ4v) is 1.85. The number of hydrogen-bond donors (Lipinski definition) is 2. The summed E-state index contributed by atoms with van der Waals surface area (Å²) in [7, 11) is 0. The van der Waals surface area contributed by atoms with E-state index in [0.717, 1.165) is 30.0 Å². The van der Waals surface area contributed by atoms with Crippen molar-refractivity contribution in [1.82, 2.24) is 9.97 Å². The van der Waals surface area contributed by atoms with Crippen molar-refractivity contribution in [1.29, 1.82) is 0 Å². The molecule has 0 radical (unpaired) electrons. The van der Waals surface area contributed by atoms with Crippen LogP contribution >= 0.6 is 0 Å². The van der Waals surface area contributed by atoms with Gasteiger partial charge in [0.2, 0.25) is 5.95 Å². The maximum absolute atomic E-state index is 5.61. The topological polar surface area (TPSA) is 63.8 Å². The quantitative estimate of drug-likeness (QED) is 0.864. The van der Waals surface area contributed by atoms with Gasteiger partial charge in [-0.2, -0.15) is 4.98 Å². The lowest BCUT2D eigenvalue weighted by atomic mass is 10.1. The number of rotatable bonds is 4. The molecule has 0 bridgehead atoms. The average molecular weight is 242 g/mol. The van der Waals surface area contributed by atoms with Crippen molar-refractivity contribution < 1.29 is 0 Å². The Hall–Kier alpha value is -2.10. The van der Waals surface area contributed by atoms with Crippen LogP contribution in [-0.4, -0.2) is 9.97 Å². The zero-order chi connectivity index (χ0) is 13.0. The number of aryl methyl sites for hydroxylation is 2. The third-order valence-corrected chi connectivity index (χ3v) is 2.64. The number of anilines is 3. The molecule has 1 heterocycles. The van der Waals surface area contributed by atoms with Gasteiger partial charge < -0.3 is 11.1 Å². The summed E-state index contributed by atoms with van der Waals surface area (Å²) in [6.07, 6.45) is 2.27. The van der Waals surface area contributed by atoms with Crippen LogP contribution in [0.5, 0.6) is 0 Å². The first kappa shape index (κ1) is 12.4. The molecule has 2 aromatic rings. The maximum atomic E-state index is 5.61. The van der Waals surface area contributed by atoms with Crippen molar-refractivity contribution >= 4 is 17.5 Å². The van der Waals surface area contributed by atoms with Gasteiger partial charge in [-0.1, -0.05) is 25.5 Å². The van der Waals surface area contributed by atoms with E-state index < -0.39 is 0 Å². The molecule has 4 heteroatoms. The summed E-state index contributed by atoms with van der Waals surface area (Å²) in [5.41, 5.74) is 8.82. The highest BCUT2D eigenvalue weighted by atomic mass is 15.1. The highest BCUT2D eigenvalue weighted by Gasteiger charge is 2.00. The number of nitrogen functional groups attached to an aromatic ring is 1. The van der Waals surface area contributed by atoms with Crippen molar-refractivity contribution in [2.75, 3.05) is 11.1 Å². The minimum atomic E-state index is 0.292. The zero-order valence-electron chi connectivity index (χ0n) is 10.8. The molecule has 2 rings (SSSR count). The molecule has 0 fully saturated rings. The largest absolute Gasteiger partial charge is 0.368 e. The molecule has 94 valence electrons. The van der Waals surface area contributed by atoms with Crippen LogP contribution in [0.15, 0.2) is 30.3 Å². The van der Waals surface area contributed by atoms with E-state index in [-0.39, 0.29) is 0 Å². The monoisotopic (exact) mass is 242 g/mol. The van der Waals surface area contributed by atoms with Gasteiger partial charge in [-0.3, -0.25) is 0 Å². The second-order valence-electron chi connectivity index (χ2n) is 4.32. The summed E-state index contributed by atoms with van der Waals surface area (Å²) in [6, 6.07) is 10.2. The van der Waals surface area contributed by atoms with Crippen molar-refractivity contribution in [2.24, 2.45) is 0 Å². The van der Waals surface area contributed by atoms with Crippen LogP contribution < -0.4 is 11.1 Å². The minimum Gasteiger partial charge on any atom is -0.368 e. The molecule has 1 aromatic heterocycles. The molecule has 4 nitrogen and oxygen atoms in total. The van der Waals surface area contributed by atoms with Crippen molar-refractivity contribution in [3.05, 3.63) is 41.6 Å². The van der Waals surface area contributed by atoms with E-state index in [0.29, 0.717) is 5.95 Å². The van der Waals surface area contributed by atoms with E-state index in [1.165, 1.54) is 5.56 Å². The van der Waals surface area contributed by atoms with Gasteiger partial charge >= 0.3 is 0 Å². The summed E-state index contributed by atoms with van der Waals surface area (Å²) in [6.45, 7) is 4.08. The highest BCUT2D eigenvalue weighted by Crippen LogP contribution is 2.17. The summed E-state index contributed by atoms with van der Waals surface area (Å²) >= 11 is 0. The van der Waals surface area contributed by atoms with E-state index in [1.54, 1.807) is 0 Å². The van der Waals surface area contributed by atoms with Crippen molar-refractivity contribution in [3.63, 3.8) is 0 Å². The van der Waals surface area contributed by atoms with Crippen LogP contribution in [0.4, 0.5) is 17.5 Å². The van der Waals surface area contributed by atoms with Crippen LogP contribution in [0.25, 0.3) is 0 Å². The predicted octanol–water partition coefficient (Wildman–Crippen LogP) is 3.06. The Morgan fingerprint density at radius 2 is 1.89 bits per heavy atom. The van der Waals surface area contributed by atoms with E-state index in [1.807, 2.05) is 13.0 Å². The summed E-state index contributed by atoms with van der Waals surface area (Å²) in [5.74, 6) is 1.02. The van der Waals surface area contributed by atoms with Crippen LogP contribution in [0.3, 0.4) is 0 Å². The normalized spacial score (nSPS) is 10.3. The second kappa shape index (κ2) is 5.49. The molecular weight excluding hydrogens is 224 g/mol. The molecular formula is C14H18N4. The van der Waals surface area contributed by atoms with Gasteiger partial charge in [-0.05, 0) is 31.0 Å². The molecule has 1 aromatic carbocycles. The Balaban J connectivity index is 2.13. The average Bonchev–Trinajstić information content (AvgIpc) is 2.31. The van der Waals surface area contributed by atoms with Gasteiger partial charge in [0.15, 0.2) is 0 Å². The molecule has 0 spiro atoms. The Bertz CT molecular complexity index is 500. The molecule has 18 heavy (non-hydrogen) atoms. The molecule has 0 aliphatic carbocycles. The standard InChI is InChI=1S/C14H18N4/c1-3-4-11-5-7-12(8-6-11)17-13-9-10(2)16-14(15)18-13/h5-9H,3-4H2,1-2H3,(H3,15,16,17,18). The second-order valence-corrected chi connectivity index (χ2v) is 4.32. The Morgan fingerprint density at radius 3 is 2.50 bits per heavy atom. The Kier molecular flexibility index (Phi) is 3.77. The fraction of sp³-hybridized carbons (Fsp3) is 0.286. The zero-order valence-corrected chi connectivity index (χ0v) is 10.8. The van der Waals surface area contributed by atoms with Gasteiger partial charge in [0.25, 0.3) is 0 Å². The van der Waals surface area contributed by atoms with Crippen molar-refractivity contribution in [2.45, 2.75) is 26.7 Å². The molecule has 0 saturated carbocycles. The summed E-state index contributed by atoms with van der Waals surface area (Å²) in [5, 5.41) is 3.22. The first-order valence-electron chi connectivity index (χ1n) is 6.14. The molecule has 0 amide bonds. The predicted molar refractivity (Wildman–Crippen MR) is 74.9 cm³/mol. The van der Waals surface area contributed by atoms with Gasteiger partial charge in [0.1, 0.15) is 5.82 Å². The summed E-state index contributed by atoms with van der Waals surface area (Å²) in [4.78, 5) is 8.18. The van der Waals surface area contributed by atoms with Crippen molar-refractivity contribution in [3.8, 4) is 0 Å². The molecule has 0 aliphatic heterocycles. The van der Waals surface area contributed by atoms with E-state index in [2.05, 4.69) is 46.5 Å². The van der Waals surface area contributed by atoms with Crippen LogP contribution in [0, 0.1) is 6.92 Å². The highest BCUT2D eigenvalue weighted by molar-refractivity contribution is 5.57. The summed E-state index contributed by atoms with van der Waals surface area (Å²) < 4.78 is 0. The number of nitrogens with one attached hydrogen (secondary N) is 1. The van der Waals surface area contributed by atoms with Crippen LogP contribution in [-0.2, 0) is 6.42 Å². The molecule has 0 atom stereocenters. The Labute approximate surface area is 107 Å². The number of benzene rings is 1. The van der Waals surface area contributed by atoms with Crippen LogP contribution in [0.2, 0.25) is 0 Å². The minimum absolute atomic E-state index is 0.292. The first-order chi connectivity index (χ1) is 8.67. The molecule has 3 N–H and O–H groups in total. The number of nitrogens with two attached hydrogens (primary N) is 1. The number of aromatic nitrogens is 2. The SMILES string of the molecule is CCCc1ccc(Nc2cc(C)nc(N)n2)cc1. The lowest BCUT2D eigenvalue weighted by Crippen LogP contribution is -2.01. The number of nitrogens with zero attached hydrogens (tertiary/aromatic N) is 2. The van der Waals surface area contributed by atoms with Crippen LogP contribution in [0.1, 0.15) is 24.6 Å².